The standard InChI is InChI=1S/C17H16FN5OS/c18-15-8-6-13(7-9-15)10-19-16(24)12-25-17-20-21-22-23(17)11-14-4-2-1-3-5-14/h1-9H,10-12H2,(H,19,24). The van der Waals surface area contributed by atoms with Crippen LogP contribution < -0.4 is 5.32 Å². The highest BCUT2D eigenvalue weighted by atomic mass is 32.2. The minimum absolute atomic E-state index is 0.136. The third-order valence-electron chi connectivity index (χ3n) is 3.41. The van der Waals surface area contributed by atoms with Gasteiger partial charge in [-0.3, -0.25) is 4.79 Å². The number of tetrazole rings is 1. The highest BCUT2D eigenvalue weighted by molar-refractivity contribution is 7.99. The lowest BCUT2D eigenvalue weighted by molar-refractivity contribution is -0.118. The first-order valence-corrected chi connectivity index (χ1v) is 8.63. The smallest absolute Gasteiger partial charge is 0.230 e. The van der Waals surface area contributed by atoms with Crippen molar-refractivity contribution >= 4 is 17.7 Å². The zero-order chi connectivity index (χ0) is 17.5. The summed E-state index contributed by atoms with van der Waals surface area (Å²) in [5.41, 5.74) is 1.92. The van der Waals surface area contributed by atoms with Gasteiger partial charge < -0.3 is 5.32 Å². The number of carbonyl (C=O) groups excluding carboxylic acids is 1. The van der Waals surface area contributed by atoms with Crippen molar-refractivity contribution in [3.8, 4) is 0 Å². The molecule has 0 fully saturated rings. The van der Waals surface area contributed by atoms with Crippen molar-refractivity contribution in [1.82, 2.24) is 25.5 Å². The van der Waals surface area contributed by atoms with Gasteiger partial charge in [0, 0.05) is 6.54 Å². The maximum absolute atomic E-state index is 12.8. The SMILES string of the molecule is O=C(CSc1nnnn1Cc1ccccc1)NCc1ccc(F)cc1. The lowest BCUT2D eigenvalue weighted by Gasteiger charge is -2.06. The van der Waals surface area contributed by atoms with Gasteiger partial charge in [-0.25, -0.2) is 9.07 Å². The number of hydrogen-bond donors (Lipinski definition) is 1. The molecule has 0 aliphatic heterocycles. The number of halogens is 1. The Morgan fingerprint density at radius 2 is 1.84 bits per heavy atom. The van der Waals surface area contributed by atoms with Crippen molar-refractivity contribution < 1.29 is 9.18 Å². The monoisotopic (exact) mass is 357 g/mol. The van der Waals surface area contributed by atoms with Crippen molar-refractivity contribution in [2.24, 2.45) is 0 Å². The first-order chi connectivity index (χ1) is 12.2. The molecule has 3 aromatic rings. The summed E-state index contributed by atoms with van der Waals surface area (Å²) in [4.78, 5) is 12.0. The van der Waals surface area contributed by atoms with E-state index in [1.54, 1.807) is 16.8 Å². The third kappa shape index (κ3) is 5.12. The molecule has 0 saturated carbocycles. The molecule has 1 heterocycles. The van der Waals surface area contributed by atoms with E-state index in [4.69, 9.17) is 0 Å². The van der Waals surface area contributed by atoms with Crippen LogP contribution >= 0.6 is 11.8 Å². The molecule has 0 atom stereocenters. The van der Waals surface area contributed by atoms with E-state index in [1.165, 1.54) is 23.9 Å². The summed E-state index contributed by atoms with van der Waals surface area (Å²) in [5.74, 6) is -0.226. The number of thioether (sulfide) groups is 1. The fourth-order valence-electron chi connectivity index (χ4n) is 2.14. The molecule has 3 rings (SSSR count). The molecule has 0 radical (unpaired) electrons. The summed E-state index contributed by atoms with van der Waals surface area (Å²) in [7, 11) is 0. The van der Waals surface area contributed by atoms with Crippen LogP contribution in [-0.2, 0) is 17.9 Å². The highest BCUT2D eigenvalue weighted by Crippen LogP contribution is 2.14. The van der Waals surface area contributed by atoms with Crippen LogP contribution in [0.5, 0.6) is 0 Å². The van der Waals surface area contributed by atoms with E-state index in [1.807, 2.05) is 30.3 Å². The van der Waals surface area contributed by atoms with E-state index >= 15 is 0 Å². The van der Waals surface area contributed by atoms with Crippen molar-refractivity contribution in [3.63, 3.8) is 0 Å². The molecule has 0 aliphatic carbocycles. The number of rotatable bonds is 7. The number of carbonyl (C=O) groups is 1. The predicted octanol–water partition coefficient (Wildman–Crippen LogP) is 2.27. The molecule has 2 aromatic carbocycles. The molecule has 0 spiro atoms. The van der Waals surface area contributed by atoms with Crippen LogP contribution in [0.15, 0.2) is 59.8 Å². The van der Waals surface area contributed by atoms with Crippen LogP contribution in [0.1, 0.15) is 11.1 Å². The second-order valence-corrected chi connectivity index (χ2v) is 6.24. The first-order valence-electron chi connectivity index (χ1n) is 7.65. The molecule has 1 aromatic heterocycles. The zero-order valence-electron chi connectivity index (χ0n) is 13.3. The Kier molecular flexibility index (Phi) is 5.73. The van der Waals surface area contributed by atoms with Gasteiger partial charge in [-0.1, -0.05) is 54.2 Å². The second kappa shape index (κ2) is 8.39. The van der Waals surface area contributed by atoms with Crippen LogP contribution in [-0.4, -0.2) is 31.9 Å². The topological polar surface area (TPSA) is 72.7 Å². The number of benzene rings is 2. The number of nitrogens with zero attached hydrogens (tertiary/aromatic N) is 4. The summed E-state index contributed by atoms with van der Waals surface area (Å²) in [5, 5.41) is 15.0. The Morgan fingerprint density at radius 3 is 2.60 bits per heavy atom. The Balaban J connectivity index is 1.49. The summed E-state index contributed by atoms with van der Waals surface area (Å²) in [6, 6.07) is 15.9. The molecular weight excluding hydrogens is 341 g/mol. The number of nitrogens with one attached hydrogen (secondary N) is 1. The van der Waals surface area contributed by atoms with Crippen LogP contribution in [0.2, 0.25) is 0 Å². The van der Waals surface area contributed by atoms with Gasteiger partial charge >= 0.3 is 0 Å². The molecule has 25 heavy (non-hydrogen) atoms. The van der Waals surface area contributed by atoms with E-state index in [2.05, 4.69) is 20.8 Å². The molecule has 1 amide bonds. The van der Waals surface area contributed by atoms with Gasteiger partial charge in [0.15, 0.2) is 0 Å². The fraction of sp³-hybridized carbons (Fsp3) is 0.176. The molecule has 6 nitrogen and oxygen atoms in total. The zero-order valence-corrected chi connectivity index (χ0v) is 14.1. The van der Waals surface area contributed by atoms with Gasteiger partial charge in [-0.15, -0.1) is 5.10 Å². The Bertz CT molecular complexity index is 823. The normalized spacial score (nSPS) is 10.6. The number of hydrogen-bond acceptors (Lipinski definition) is 5. The average Bonchev–Trinajstić information content (AvgIpc) is 3.07. The summed E-state index contributed by atoms with van der Waals surface area (Å²) >= 11 is 1.27. The van der Waals surface area contributed by atoms with Gasteiger partial charge in [0.25, 0.3) is 0 Å². The van der Waals surface area contributed by atoms with Crippen LogP contribution in [0.3, 0.4) is 0 Å². The van der Waals surface area contributed by atoms with E-state index in [-0.39, 0.29) is 17.5 Å². The molecule has 8 heteroatoms. The van der Waals surface area contributed by atoms with E-state index in [0.717, 1.165) is 11.1 Å². The molecular formula is C17H16FN5OS. The molecule has 0 saturated heterocycles. The van der Waals surface area contributed by atoms with Crippen LogP contribution in [0, 0.1) is 5.82 Å². The molecule has 128 valence electrons. The van der Waals surface area contributed by atoms with Crippen molar-refractivity contribution in [2.75, 3.05) is 5.75 Å². The van der Waals surface area contributed by atoms with Gasteiger partial charge in [-0.2, -0.15) is 0 Å². The van der Waals surface area contributed by atoms with Crippen LogP contribution in [0.25, 0.3) is 0 Å². The molecule has 0 bridgehead atoms. The van der Waals surface area contributed by atoms with E-state index in [9.17, 15) is 9.18 Å². The summed E-state index contributed by atoms with van der Waals surface area (Å²) in [6.07, 6.45) is 0. The van der Waals surface area contributed by atoms with Gasteiger partial charge in [0.2, 0.25) is 11.1 Å². The lowest BCUT2D eigenvalue weighted by atomic mass is 10.2. The predicted molar refractivity (Wildman–Crippen MR) is 92.3 cm³/mol. The quantitative estimate of drug-likeness (QED) is 0.657. The largest absolute Gasteiger partial charge is 0.351 e. The average molecular weight is 357 g/mol. The Labute approximate surface area is 148 Å². The number of amides is 1. The minimum atomic E-state index is -0.295. The lowest BCUT2D eigenvalue weighted by Crippen LogP contribution is -2.24. The maximum Gasteiger partial charge on any atom is 0.230 e. The molecule has 0 aliphatic rings. The maximum atomic E-state index is 12.8. The highest BCUT2D eigenvalue weighted by Gasteiger charge is 2.10. The fourth-order valence-corrected chi connectivity index (χ4v) is 2.85. The van der Waals surface area contributed by atoms with E-state index < -0.39 is 0 Å². The van der Waals surface area contributed by atoms with Crippen molar-refractivity contribution in [3.05, 3.63) is 71.5 Å². The first kappa shape index (κ1) is 17.1. The van der Waals surface area contributed by atoms with Gasteiger partial charge in [0.1, 0.15) is 5.82 Å². The second-order valence-electron chi connectivity index (χ2n) is 5.30. The molecule has 0 unspecified atom stereocenters. The summed E-state index contributed by atoms with van der Waals surface area (Å²) in [6.45, 7) is 0.905. The van der Waals surface area contributed by atoms with Crippen molar-refractivity contribution in [2.45, 2.75) is 18.2 Å². The van der Waals surface area contributed by atoms with Crippen molar-refractivity contribution in [1.29, 1.82) is 0 Å². The minimum Gasteiger partial charge on any atom is -0.351 e. The molecule has 1 N–H and O–H groups in total. The van der Waals surface area contributed by atoms with Crippen LogP contribution in [0.4, 0.5) is 4.39 Å². The Morgan fingerprint density at radius 1 is 1.08 bits per heavy atom. The third-order valence-corrected chi connectivity index (χ3v) is 4.37. The summed E-state index contributed by atoms with van der Waals surface area (Å²) < 4.78 is 14.5. The number of aromatic nitrogens is 4. The van der Waals surface area contributed by atoms with Gasteiger partial charge in [0.05, 0.1) is 12.3 Å². The van der Waals surface area contributed by atoms with E-state index in [0.29, 0.717) is 18.2 Å². The van der Waals surface area contributed by atoms with Gasteiger partial charge in [-0.05, 0) is 33.7 Å². The Hall–Kier alpha value is -2.74.